The van der Waals surface area contributed by atoms with Crippen LogP contribution in [0.4, 0.5) is 0 Å². The van der Waals surface area contributed by atoms with E-state index >= 15 is 0 Å². The molecule has 1 aromatic heterocycles. The second kappa shape index (κ2) is 6.12. The number of amides is 1. The summed E-state index contributed by atoms with van der Waals surface area (Å²) < 4.78 is 0. The Hall–Kier alpha value is -2.44. The fourth-order valence-corrected chi connectivity index (χ4v) is 0.699. The summed E-state index contributed by atoms with van der Waals surface area (Å²) in [6.45, 7) is 1.08. The highest BCUT2D eigenvalue weighted by Crippen LogP contribution is 1.97. The molecule has 0 atom stereocenters. The zero-order chi connectivity index (χ0) is 12.7. The molecule has 0 aliphatic heterocycles. The molecule has 0 radical (unpaired) electrons. The molecule has 1 aromatic rings. The van der Waals surface area contributed by atoms with Crippen LogP contribution in [0.2, 0.25) is 0 Å². The lowest BCUT2D eigenvalue weighted by Gasteiger charge is -1.97. The number of hydrogen-bond donors (Lipinski definition) is 4. The number of nitrogens with one attached hydrogen (secondary N) is 1. The SMILES string of the molecule is CC(=O)O.N=C(N)c1ccc(C(N)=O)nc1. The van der Waals surface area contributed by atoms with Gasteiger partial charge >= 0.3 is 0 Å². The number of nitrogens with two attached hydrogens (primary N) is 2. The van der Waals surface area contributed by atoms with E-state index in [2.05, 4.69) is 4.98 Å². The van der Waals surface area contributed by atoms with E-state index in [-0.39, 0.29) is 11.5 Å². The standard InChI is InChI=1S/C7H8N4O.C2H4O2/c8-6(9)4-1-2-5(7(10)12)11-3-4;1-2(3)4/h1-3H,(H3,8,9)(H2,10,12);1H3,(H,3,4). The molecule has 0 fully saturated rings. The third kappa shape index (κ3) is 5.32. The Kier molecular flexibility index (Phi) is 5.19. The van der Waals surface area contributed by atoms with Gasteiger partial charge in [0.05, 0.1) is 0 Å². The number of carboxylic acid groups (broad SMARTS) is 1. The first-order valence-electron chi connectivity index (χ1n) is 4.14. The van der Waals surface area contributed by atoms with E-state index in [0.29, 0.717) is 5.56 Å². The van der Waals surface area contributed by atoms with Crippen LogP contribution in [-0.2, 0) is 4.79 Å². The third-order valence-corrected chi connectivity index (χ3v) is 1.33. The van der Waals surface area contributed by atoms with Crippen LogP contribution < -0.4 is 11.5 Å². The number of rotatable bonds is 2. The lowest BCUT2D eigenvalue weighted by molar-refractivity contribution is -0.134. The minimum atomic E-state index is -0.833. The van der Waals surface area contributed by atoms with Gasteiger partial charge in [-0.25, -0.2) is 0 Å². The minimum absolute atomic E-state index is 0.0847. The number of primary amides is 1. The number of carbonyl (C=O) groups is 2. The van der Waals surface area contributed by atoms with Crippen molar-refractivity contribution in [2.24, 2.45) is 11.5 Å². The van der Waals surface area contributed by atoms with E-state index in [1.54, 1.807) is 0 Å². The van der Waals surface area contributed by atoms with E-state index in [9.17, 15) is 4.79 Å². The fourth-order valence-electron chi connectivity index (χ4n) is 0.699. The maximum absolute atomic E-state index is 10.6. The van der Waals surface area contributed by atoms with Gasteiger partial charge in [-0.1, -0.05) is 0 Å². The first-order chi connectivity index (χ1) is 7.34. The number of aromatic nitrogens is 1. The molecule has 16 heavy (non-hydrogen) atoms. The van der Waals surface area contributed by atoms with Crippen molar-refractivity contribution in [1.29, 1.82) is 5.41 Å². The molecule has 7 nitrogen and oxygen atoms in total. The number of hydrogen-bond acceptors (Lipinski definition) is 4. The maximum atomic E-state index is 10.6. The summed E-state index contributed by atoms with van der Waals surface area (Å²) in [5.74, 6) is -1.51. The molecule has 0 aliphatic rings. The zero-order valence-corrected chi connectivity index (χ0v) is 8.60. The van der Waals surface area contributed by atoms with Crippen LogP contribution in [0.1, 0.15) is 23.0 Å². The number of pyridine rings is 1. The van der Waals surface area contributed by atoms with Gasteiger partial charge in [0, 0.05) is 18.7 Å². The van der Waals surface area contributed by atoms with E-state index in [4.69, 9.17) is 26.8 Å². The van der Waals surface area contributed by atoms with Crippen LogP contribution in [0.25, 0.3) is 0 Å². The molecule has 0 saturated carbocycles. The molecule has 0 bridgehead atoms. The number of carbonyl (C=O) groups excluding carboxylic acids is 1. The first kappa shape index (κ1) is 13.6. The molecule has 0 aromatic carbocycles. The minimum Gasteiger partial charge on any atom is -0.481 e. The van der Waals surface area contributed by atoms with Gasteiger partial charge in [-0.15, -0.1) is 0 Å². The lowest BCUT2D eigenvalue weighted by Crippen LogP contribution is -2.15. The van der Waals surface area contributed by atoms with Crippen LogP contribution in [0.15, 0.2) is 18.3 Å². The van der Waals surface area contributed by atoms with Gasteiger partial charge in [-0.3, -0.25) is 20.0 Å². The molecule has 6 N–H and O–H groups in total. The predicted molar refractivity (Wildman–Crippen MR) is 57.1 cm³/mol. The van der Waals surface area contributed by atoms with Crippen LogP contribution in [-0.4, -0.2) is 27.8 Å². The van der Waals surface area contributed by atoms with E-state index in [0.717, 1.165) is 6.92 Å². The monoisotopic (exact) mass is 224 g/mol. The van der Waals surface area contributed by atoms with Gasteiger partial charge in [-0.2, -0.15) is 0 Å². The highest BCUT2D eigenvalue weighted by Gasteiger charge is 2.01. The zero-order valence-electron chi connectivity index (χ0n) is 8.60. The highest BCUT2D eigenvalue weighted by atomic mass is 16.4. The number of nitrogen functional groups attached to an aromatic ring is 1. The molecule has 0 spiro atoms. The molecule has 0 unspecified atom stereocenters. The van der Waals surface area contributed by atoms with Gasteiger partial charge in [0.2, 0.25) is 0 Å². The lowest BCUT2D eigenvalue weighted by atomic mass is 10.2. The van der Waals surface area contributed by atoms with Gasteiger partial charge in [-0.05, 0) is 12.1 Å². The van der Waals surface area contributed by atoms with Crippen molar-refractivity contribution in [3.05, 3.63) is 29.6 Å². The third-order valence-electron chi connectivity index (χ3n) is 1.33. The number of carboxylic acids is 1. The van der Waals surface area contributed by atoms with Crippen LogP contribution in [0, 0.1) is 5.41 Å². The molecule has 0 saturated heterocycles. The summed E-state index contributed by atoms with van der Waals surface area (Å²) in [6.07, 6.45) is 1.34. The van der Waals surface area contributed by atoms with Gasteiger partial charge in [0.1, 0.15) is 11.5 Å². The van der Waals surface area contributed by atoms with Crippen LogP contribution in [0.3, 0.4) is 0 Å². The second-order valence-corrected chi connectivity index (χ2v) is 2.73. The van der Waals surface area contributed by atoms with Gasteiger partial charge in [0.25, 0.3) is 11.9 Å². The number of amidine groups is 1. The molecule has 1 rings (SSSR count). The predicted octanol–water partition coefficient (Wildman–Crippen LogP) is -0.445. The average molecular weight is 224 g/mol. The average Bonchev–Trinajstić information content (AvgIpc) is 2.17. The Labute approximate surface area is 91.6 Å². The van der Waals surface area contributed by atoms with Crippen molar-refractivity contribution in [3.63, 3.8) is 0 Å². The Balaban J connectivity index is 0.000000487. The summed E-state index contributed by atoms with van der Waals surface area (Å²) in [4.78, 5) is 23.3. The van der Waals surface area contributed by atoms with E-state index < -0.39 is 11.9 Å². The Morgan fingerprint density at radius 3 is 2.12 bits per heavy atom. The molecule has 7 heteroatoms. The topological polar surface area (TPSA) is 143 Å². The molecule has 1 heterocycles. The van der Waals surface area contributed by atoms with E-state index in [1.165, 1.54) is 18.3 Å². The first-order valence-corrected chi connectivity index (χ1v) is 4.14. The number of aliphatic carboxylic acids is 1. The smallest absolute Gasteiger partial charge is 0.300 e. The molecule has 0 aliphatic carbocycles. The highest BCUT2D eigenvalue weighted by molar-refractivity contribution is 5.96. The van der Waals surface area contributed by atoms with Crippen molar-refractivity contribution in [1.82, 2.24) is 4.98 Å². The van der Waals surface area contributed by atoms with Crippen molar-refractivity contribution >= 4 is 17.7 Å². The van der Waals surface area contributed by atoms with Crippen molar-refractivity contribution < 1.29 is 14.7 Å². The fraction of sp³-hybridized carbons (Fsp3) is 0.111. The van der Waals surface area contributed by atoms with Gasteiger partial charge < -0.3 is 16.6 Å². The summed E-state index contributed by atoms with van der Waals surface area (Å²) in [5, 5.41) is 14.5. The summed E-state index contributed by atoms with van der Waals surface area (Å²) in [6, 6.07) is 2.95. The van der Waals surface area contributed by atoms with Crippen LogP contribution >= 0.6 is 0 Å². The Bertz CT molecular complexity index is 363. The van der Waals surface area contributed by atoms with E-state index in [1.807, 2.05) is 0 Å². The van der Waals surface area contributed by atoms with Gasteiger partial charge in [0.15, 0.2) is 0 Å². The maximum Gasteiger partial charge on any atom is 0.300 e. The Morgan fingerprint density at radius 2 is 1.88 bits per heavy atom. The van der Waals surface area contributed by atoms with Crippen molar-refractivity contribution in [3.8, 4) is 0 Å². The largest absolute Gasteiger partial charge is 0.481 e. The van der Waals surface area contributed by atoms with Crippen LogP contribution in [0.5, 0.6) is 0 Å². The molecule has 86 valence electrons. The Morgan fingerprint density at radius 1 is 1.38 bits per heavy atom. The number of nitrogens with zero attached hydrogens (tertiary/aromatic N) is 1. The second-order valence-electron chi connectivity index (χ2n) is 2.73. The summed E-state index contributed by atoms with van der Waals surface area (Å²) >= 11 is 0. The molecular formula is C9H12N4O3. The van der Waals surface area contributed by atoms with Crippen molar-refractivity contribution in [2.75, 3.05) is 0 Å². The summed E-state index contributed by atoms with van der Waals surface area (Å²) in [7, 11) is 0. The quantitative estimate of drug-likeness (QED) is 0.397. The van der Waals surface area contributed by atoms with Crippen molar-refractivity contribution in [2.45, 2.75) is 6.92 Å². The molecule has 1 amide bonds. The summed E-state index contributed by atoms with van der Waals surface area (Å²) in [5.41, 5.74) is 10.8. The normalized spacial score (nSPS) is 8.56. The molecular weight excluding hydrogens is 212 g/mol.